The van der Waals surface area contributed by atoms with Gasteiger partial charge in [-0.1, -0.05) is 0 Å². The highest BCUT2D eigenvalue weighted by molar-refractivity contribution is 6.11. The summed E-state index contributed by atoms with van der Waals surface area (Å²) in [4.78, 5) is 14.0. The van der Waals surface area contributed by atoms with Crippen molar-refractivity contribution in [2.75, 3.05) is 18.0 Å². The molecule has 1 aromatic carbocycles. The fourth-order valence-electron chi connectivity index (χ4n) is 3.08. The SMILES string of the molecule is Oc1ccc2[nH]c3ncnc(N4CCC[C@@H](O)C4)c3c2c1. The number of anilines is 1. The van der Waals surface area contributed by atoms with Gasteiger partial charge in [0.25, 0.3) is 0 Å². The lowest BCUT2D eigenvalue weighted by molar-refractivity contribution is 0.154. The highest BCUT2D eigenvalue weighted by atomic mass is 16.3. The Hall–Kier alpha value is -2.34. The molecule has 3 aromatic rings. The van der Waals surface area contributed by atoms with Gasteiger partial charge in [-0.15, -0.1) is 0 Å². The van der Waals surface area contributed by atoms with Gasteiger partial charge in [0.05, 0.1) is 11.5 Å². The molecule has 1 saturated heterocycles. The maximum atomic E-state index is 9.89. The van der Waals surface area contributed by atoms with E-state index < -0.39 is 0 Å². The molecule has 0 saturated carbocycles. The number of aromatic amines is 1. The summed E-state index contributed by atoms with van der Waals surface area (Å²) < 4.78 is 0. The first-order valence-corrected chi connectivity index (χ1v) is 7.11. The normalized spacial score (nSPS) is 19.5. The average molecular weight is 284 g/mol. The van der Waals surface area contributed by atoms with Gasteiger partial charge in [-0.05, 0) is 31.0 Å². The molecule has 3 N–H and O–H groups in total. The number of hydrogen-bond acceptors (Lipinski definition) is 5. The molecular formula is C15H16N4O2. The molecule has 0 radical (unpaired) electrons. The standard InChI is InChI=1S/C15H16N4O2/c20-9-3-4-12-11(6-9)13-14(18-12)16-8-17-15(13)19-5-1-2-10(21)7-19/h3-4,6,8,10,20-21H,1-2,5,7H2,(H,16,17,18)/t10-/m1/s1. The number of benzene rings is 1. The van der Waals surface area contributed by atoms with Gasteiger partial charge in [-0.2, -0.15) is 0 Å². The van der Waals surface area contributed by atoms with Crippen molar-refractivity contribution in [1.29, 1.82) is 0 Å². The number of hydrogen-bond donors (Lipinski definition) is 3. The van der Waals surface area contributed by atoms with Crippen LogP contribution in [0.25, 0.3) is 21.9 Å². The van der Waals surface area contributed by atoms with Crippen LogP contribution < -0.4 is 4.90 Å². The predicted octanol–water partition coefficient (Wildman–Crippen LogP) is 1.78. The second kappa shape index (κ2) is 4.60. The van der Waals surface area contributed by atoms with Crippen LogP contribution >= 0.6 is 0 Å². The lowest BCUT2D eigenvalue weighted by Crippen LogP contribution is -2.38. The van der Waals surface area contributed by atoms with Crippen molar-refractivity contribution in [3.63, 3.8) is 0 Å². The van der Waals surface area contributed by atoms with Crippen LogP contribution in [0, 0.1) is 0 Å². The average Bonchev–Trinajstić information content (AvgIpc) is 2.85. The van der Waals surface area contributed by atoms with Crippen molar-refractivity contribution in [3.05, 3.63) is 24.5 Å². The molecule has 0 spiro atoms. The van der Waals surface area contributed by atoms with Crippen LogP contribution in [0.4, 0.5) is 5.82 Å². The van der Waals surface area contributed by atoms with E-state index in [4.69, 9.17) is 0 Å². The van der Waals surface area contributed by atoms with E-state index in [2.05, 4.69) is 19.9 Å². The molecule has 2 aromatic heterocycles. The number of β-amino-alcohol motifs (C(OH)–C–C–N with tert-alkyl or cyclic N) is 1. The Morgan fingerprint density at radius 3 is 3.05 bits per heavy atom. The number of aliphatic hydroxyl groups excluding tert-OH is 1. The summed E-state index contributed by atoms with van der Waals surface area (Å²) in [5.74, 6) is 1.03. The molecule has 1 atom stereocenters. The second-order valence-electron chi connectivity index (χ2n) is 5.52. The number of piperidine rings is 1. The Balaban J connectivity index is 1.95. The highest BCUT2D eigenvalue weighted by Gasteiger charge is 2.22. The number of aromatic hydroxyl groups is 1. The monoisotopic (exact) mass is 284 g/mol. The molecule has 21 heavy (non-hydrogen) atoms. The van der Waals surface area contributed by atoms with E-state index in [1.807, 2.05) is 6.07 Å². The first-order valence-electron chi connectivity index (χ1n) is 7.11. The van der Waals surface area contributed by atoms with Gasteiger partial charge in [-0.3, -0.25) is 0 Å². The van der Waals surface area contributed by atoms with Crippen molar-refractivity contribution in [1.82, 2.24) is 15.0 Å². The minimum Gasteiger partial charge on any atom is -0.508 e. The fourth-order valence-corrected chi connectivity index (χ4v) is 3.08. The third-order valence-corrected chi connectivity index (χ3v) is 4.05. The summed E-state index contributed by atoms with van der Waals surface area (Å²) in [7, 11) is 0. The number of nitrogens with zero attached hydrogens (tertiary/aromatic N) is 3. The summed E-state index contributed by atoms with van der Waals surface area (Å²) >= 11 is 0. The van der Waals surface area contributed by atoms with E-state index in [0.29, 0.717) is 6.54 Å². The molecule has 0 aliphatic carbocycles. The molecule has 3 heterocycles. The molecule has 0 amide bonds. The Bertz CT molecular complexity index is 814. The molecule has 6 nitrogen and oxygen atoms in total. The summed E-state index contributed by atoms with van der Waals surface area (Å²) in [5, 5.41) is 21.4. The van der Waals surface area contributed by atoms with E-state index in [1.54, 1.807) is 12.1 Å². The minimum atomic E-state index is -0.317. The number of aliphatic hydroxyl groups is 1. The van der Waals surface area contributed by atoms with Gasteiger partial charge < -0.3 is 20.1 Å². The Kier molecular flexibility index (Phi) is 2.71. The number of fused-ring (bicyclic) bond motifs is 3. The number of phenols is 1. The lowest BCUT2D eigenvalue weighted by atomic mass is 10.1. The smallest absolute Gasteiger partial charge is 0.143 e. The van der Waals surface area contributed by atoms with Gasteiger partial charge in [0, 0.05) is 24.0 Å². The molecule has 1 aliphatic rings. The van der Waals surface area contributed by atoms with Crippen molar-refractivity contribution in [2.24, 2.45) is 0 Å². The molecular weight excluding hydrogens is 268 g/mol. The molecule has 0 unspecified atom stereocenters. The van der Waals surface area contributed by atoms with Crippen LogP contribution in [0.1, 0.15) is 12.8 Å². The predicted molar refractivity (Wildman–Crippen MR) is 80.5 cm³/mol. The summed E-state index contributed by atoms with van der Waals surface area (Å²) in [6.07, 6.45) is 3.00. The second-order valence-corrected chi connectivity index (χ2v) is 5.52. The topological polar surface area (TPSA) is 85.3 Å². The number of aromatic nitrogens is 3. The molecule has 0 bridgehead atoms. The Morgan fingerprint density at radius 2 is 2.19 bits per heavy atom. The zero-order valence-corrected chi connectivity index (χ0v) is 11.5. The van der Waals surface area contributed by atoms with Crippen LogP contribution in [-0.4, -0.2) is 44.4 Å². The van der Waals surface area contributed by atoms with Gasteiger partial charge >= 0.3 is 0 Å². The van der Waals surface area contributed by atoms with Crippen molar-refractivity contribution >= 4 is 27.8 Å². The van der Waals surface area contributed by atoms with E-state index in [9.17, 15) is 10.2 Å². The van der Waals surface area contributed by atoms with Gasteiger partial charge in [0.2, 0.25) is 0 Å². The van der Waals surface area contributed by atoms with Gasteiger partial charge in [0.15, 0.2) is 0 Å². The number of H-pyrrole nitrogens is 1. The number of phenolic OH excluding ortho intramolecular Hbond substituents is 1. The minimum absolute atomic E-state index is 0.219. The highest BCUT2D eigenvalue weighted by Crippen LogP contribution is 2.33. The van der Waals surface area contributed by atoms with Crippen LogP contribution in [0.3, 0.4) is 0 Å². The Morgan fingerprint density at radius 1 is 1.29 bits per heavy atom. The molecule has 1 aliphatic heterocycles. The molecule has 108 valence electrons. The van der Waals surface area contributed by atoms with E-state index in [1.165, 1.54) is 6.33 Å². The van der Waals surface area contributed by atoms with Crippen molar-refractivity contribution < 1.29 is 10.2 Å². The quantitative estimate of drug-likeness (QED) is 0.634. The summed E-state index contributed by atoms with van der Waals surface area (Å²) in [6, 6.07) is 5.21. The van der Waals surface area contributed by atoms with Crippen molar-refractivity contribution in [3.8, 4) is 5.75 Å². The third-order valence-electron chi connectivity index (χ3n) is 4.05. The maximum Gasteiger partial charge on any atom is 0.143 e. The molecule has 4 rings (SSSR count). The first-order chi connectivity index (χ1) is 10.2. The Labute approximate surface area is 121 Å². The lowest BCUT2D eigenvalue weighted by Gasteiger charge is -2.31. The third kappa shape index (κ3) is 1.99. The molecule has 1 fully saturated rings. The van der Waals surface area contributed by atoms with E-state index in [-0.39, 0.29) is 11.9 Å². The van der Waals surface area contributed by atoms with E-state index in [0.717, 1.165) is 47.1 Å². The van der Waals surface area contributed by atoms with Crippen molar-refractivity contribution in [2.45, 2.75) is 18.9 Å². The van der Waals surface area contributed by atoms with Gasteiger partial charge in [-0.25, -0.2) is 9.97 Å². The summed E-state index contributed by atoms with van der Waals surface area (Å²) in [5.41, 5.74) is 1.67. The van der Waals surface area contributed by atoms with Crippen LogP contribution in [0.5, 0.6) is 5.75 Å². The largest absolute Gasteiger partial charge is 0.508 e. The first kappa shape index (κ1) is 12.4. The van der Waals surface area contributed by atoms with Crippen LogP contribution in [0.15, 0.2) is 24.5 Å². The van der Waals surface area contributed by atoms with Gasteiger partial charge in [0.1, 0.15) is 23.5 Å². The van der Waals surface area contributed by atoms with E-state index >= 15 is 0 Å². The van der Waals surface area contributed by atoms with Crippen LogP contribution in [-0.2, 0) is 0 Å². The zero-order chi connectivity index (χ0) is 14.4. The molecule has 6 heteroatoms. The maximum absolute atomic E-state index is 9.89. The number of nitrogens with one attached hydrogen (secondary N) is 1. The zero-order valence-electron chi connectivity index (χ0n) is 11.5. The number of rotatable bonds is 1. The fraction of sp³-hybridized carbons (Fsp3) is 0.333. The summed E-state index contributed by atoms with van der Waals surface area (Å²) in [6.45, 7) is 1.45. The van der Waals surface area contributed by atoms with Crippen LogP contribution in [0.2, 0.25) is 0 Å².